The molecule has 2 heteroatoms. The Morgan fingerprint density at radius 2 is 1.32 bits per heavy atom. The maximum Gasteiger partial charge on any atom is 0.0775 e. The first kappa shape index (κ1) is 12.6. The van der Waals surface area contributed by atoms with Crippen molar-refractivity contribution in [3.63, 3.8) is 0 Å². The summed E-state index contributed by atoms with van der Waals surface area (Å²) in [6.45, 7) is 0. The first-order valence-corrected chi connectivity index (χ1v) is 8.57. The Morgan fingerprint density at radius 3 is 1.79 bits per heavy atom. The molecule has 0 aromatic heterocycles. The summed E-state index contributed by atoms with van der Waals surface area (Å²) in [5.74, 6) is 2.73. The second-order valence-electron chi connectivity index (χ2n) is 8.48. The molecule has 3 N–H and O–H groups in total. The second kappa shape index (κ2) is 4.21. The average Bonchev–Trinajstić information content (AvgIpc) is 2.37. The molecule has 0 aliphatic heterocycles. The molecule has 0 amide bonds. The molecule has 5 aliphatic carbocycles. The van der Waals surface area contributed by atoms with Crippen molar-refractivity contribution in [3.8, 4) is 0 Å². The van der Waals surface area contributed by atoms with Crippen LogP contribution in [0.2, 0.25) is 0 Å². The van der Waals surface area contributed by atoms with E-state index in [4.69, 9.17) is 5.73 Å². The molecule has 5 aliphatic rings. The molecule has 0 radical (unpaired) electrons. The fraction of sp³-hybridized carbons (Fsp3) is 1.00. The summed E-state index contributed by atoms with van der Waals surface area (Å²) < 4.78 is 0. The molecule has 2 nitrogen and oxygen atoms in total. The molecular weight excluding hydrogens is 234 g/mol. The standard InChI is InChI=1S/C17H29NO/c18-17(4-2-1-3-5-17)15(19)16-9-12-6-13(10-16)8-14(7-12)11-16/h12-15,19H,1-11,18H2. The second-order valence-corrected chi connectivity index (χ2v) is 8.48. The van der Waals surface area contributed by atoms with Crippen LogP contribution >= 0.6 is 0 Å². The van der Waals surface area contributed by atoms with Gasteiger partial charge in [-0.15, -0.1) is 0 Å². The van der Waals surface area contributed by atoms with E-state index in [1.807, 2.05) is 0 Å². The lowest BCUT2D eigenvalue weighted by Gasteiger charge is -2.61. The molecule has 0 aromatic rings. The zero-order valence-electron chi connectivity index (χ0n) is 12.1. The molecule has 5 rings (SSSR count). The van der Waals surface area contributed by atoms with Gasteiger partial charge < -0.3 is 10.8 Å². The summed E-state index contributed by atoms with van der Waals surface area (Å²) in [7, 11) is 0. The molecule has 4 bridgehead atoms. The highest BCUT2D eigenvalue weighted by molar-refractivity contribution is 5.10. The van der Waals surface area contributed by atoms with Crippen LogP contribution in [0.3, 0.4) is 0 Å². The number of rotatable bonds is 2. The number of aliphatic hydroxyl groups excluding tert-OH is 1. The SMILES string of the molecule is NC1(C(O)C23CC4CC(CC(C4)C2)C3)CCCCC1. The predicted molar refractivity (Wildman–Crippen MR) is 76.6 cm³/mol. The average molecular weight is 263 g/mol. The van der Waals surface area contributed by atoms with Gasteiger partial charge in [0, 0.05) is 5.54 Å². The molecule has 0 saturated heterocycles. The van der Waals surface area contributed by atoms with E-state index in [1.165, 1.54) is 57.8 Å². The van der Waals surface area contributed by atoms with Gasteiger partial charge in [-0.05, 0) is 74.5 Å². The van der Waals surface area contributed by atoms with E-state index in [0.717, 1.165) is 30.6 Å². The van der Waals surface area contributed by atoms with Crippen molar-refractivity contribution in [2.45, 2.75) is 82.3 Å². The van der Waals surface area contributed by atoms with Gasteiger partial charge in [-0.25, -0.2) is 0 Å². The van der Waals surface area contributed by atoms with Crippen LogP contribution < -0.4 is 5.73 Å². The number of hydrogen-bond acceptors (Lipinski definition) is 2. The van der Waals surface area contributed by atoms with Gasteiger partial charge in [0.25, 0.3) is 0 Å². The fourth-order valence-corrected chi connectivity index (χ4v) is 6.61. The van der Waals surface area contributed by atoms with Gasteiger partial charge in [0.15, 0.2) is 0 Å². The zero-order chi connectivity index (χ0) is 13.1. The van der Waals surface area contributed by atoms with E-state index in [0.29, 0.717) is 0 Å². The van der Waals surface area contributed by atoms with Gasteiger partial charge in [0.2, 0.25) is 0 Å². The molecule has 0 heterocycles. The first-order valence-electron chi connectivity index (χ1n) is 8.57. The van der Waals surface area contributed by atoms with Crippen molar-refractivity contribution < 1.29 is 5.11 Å². The Hall–Kier alpha value is -0.0800. The van der Waals surface area contributed by atoms with Crippen LogP contribution in [0, 0.1) is 23.2 Å². The molecule has 0 aromatic carbocycles. The third-order valence-electron chi connectivity index (χ3n) is 6.99. The van der Waals surface area contributed by atoms with Crippen LogP contribution in [-0.2, 0) is 0 Å². The van der Waals surface area contributed by atoms with E-state index in [2.05, 4.69) is 0 Å². The Morgan fingerprint density at radius 1 is 0.842 bits per heavy atom. The van der Waals surface area contributed by atoms with Gasteiger partial charge in [0.05, 0.1) is 6.10 Å². The first-order chi connectivity index (χ1) is 9.10. The molecule has 108 valence electrons. The van der Waals surface area contributed by atoms with E-state index in [9.17, 15) is 5.11 Å². The summed E-state index contributed by atoms with van der Waals surface area (Å²) >= 11 is 0. The van der Waals surface area contributed by atoms with E-state index in [-0.39, 0.29) is 17.1 Å². The van der Waals surface area contributed by atoms with Gasteiger partial charge in [0.1, 0.15) is 0 Å². The Labute approximate surface area is 117 Å². The van der Waals surface area contributed by atoms with Gasteiger partial charge in [-0.1, -0.05) is 19.3 Å². The van der Waals surface area contributed by atoms with Gasteiger partial charge in [-0.3, -0.25) is 0 Å². The topological polar surface area (TPSA) is 46.2 Å². The molecule has 19 heavy (non-hydrogen) atoms. The largest absolute Gasteiger partial charge is 0.391 e. The lowest BCUT2D eigenvalue weighted by atomic mass is 9.46. The van der Waals surface area contributed by atoms with Crippen LogP contribution in [0.5, 0.6) is 0 Å². The van der Waals surface area contributed by atoms with Crippen molar-refractivity contribution in [1.82, 2.24) is 0 Å². The lowest BCUT2D eigenvalue weighted by molar-refractivity contribution is -0.147. The molecule has 1 atom stereocenters. The van der Waals surface area contributed by atoms with E-state index in [1.54, 1.807) is 0 Å². The molecule has 1 unspecified atom stereocenters. The molecule has 5 saturated carbocycles. The van der Waals surface area contributed by atoms with Crippen LogP contribution in [0.1, 0.15) is 70.6 Å². The minimum Gasteiger partial charge on any atom is -0.391 e. The highest BCUT2D eigenvalue weighted by Gasteiger charge is 2.57. The maximum atomic E-state index is 11.2. The Bertz CT molecular complexity index is 323. The van der Waals surface area contributed by atoms with Gasteiger partial charge in [-0.2, -0.15) is 0 Å². The number of aliphatic hydroxyl groups is 1. The summed E-state index contributed by atoms with van der Waals surface area (Å²) in [5.41, 5.74) is 6.62. The minimum atomic E-state index is -0.260. The summed E-state index contributed by atoms with van der Waals surface area (Å²) in [4.78, 5) is 0. The van der Waals surface area contributed by atoms with Crippen LogP contribution in [0.4, 0.5) is 0 Å². The number of hydrogen-bond donors (Lipinski definition) is 2. The third-order valence-corrected chi connectivity index (χ3v) is 6.99. The van der Waals surface area contributed by atoms with Crippen molar-refractivity contribution in [2.24, 2.45) is 28.9 Å². The summed E-state index contributed by atoms with van der Waals surface area (Å²) in [6.07, 6.45) is 13.8. The maximum absolute atomic E-state index is 11.2. The van der Waals surface area contributed by atoms with Crippen LogP contribution in [-0.4, -0.2) is 16.7 Å². The van der Waals surface area contributed by atoms with Crippen molar-refractivity contribution >= 4 is 0 Å². The van der Waals surface area contributed by atoms with E-state index < -0.39 is 0 Å². The van der Waals surface area contributed by atoms with Crippen molar-refractivity contribution in [2.75, 3.05) is 0 Å². The Kier molecular flexibility index (Phi) is 2.80. The molecular formula is C17H29NO. The van der Waals surface area contributed by atoms with E-state index >= 15 is 0 Å². The normalized spacial score (nSPS) is 49.3. The van der Waals surface area contributed by atoms with Crippen LogP contribution in [0.15, 0.2) is 0 Å². The highest BCUT2D eigenvalue weighted by atomic mass is 16.3. The monoisotopic (exact) mass is 263 g/mol. The van der Waals surface area contributed by atoms with Crippen molar-refractivity contribution in [1.29, 1.82) is 0 Å². The van der Waals surface area contributed by atoms with Crippen molar-refractivity contribution in [3.05, 3.63) is 0 Å². The predicted octanol–water partition coefficient (Wildman–Crippen LogP) is 3.23. The Balaban J connectivity index is 1.60. The number of nitrogens with two attached hydrogens (primary N) is 1. The molecule has 0 spiro atoms. The minimum absolute atomic E-state index is 0.209. The quantitative estimate of drug-likeness (QED) is 0.803. The molecule has 5 fully saturated rings. The van der Waals surface area contributed by atoms with Crippen LogP contribution in [0.25, 0.3) is 0 Å². The summed E-state index contributed by atoms with van der Waals surface area (Å²) in [5, 5.41) is 11.2. The zero-order valence-corrected chi connectivity index (χ0v) is 12.1. The fourth-order valence-electron chi connectivity index (χ4n) is 6.61. The van der Waals surface area contributed by atoms with Gasteiger partial charge >= 0.3 is 0 Å². The lowest BCUT2D eigenvalue weighted by Crippen LogP contribution is -2.63. The smallest absolute Gasteiger partial charge is 0.0775 e. The third kappa shape index (κ3) is 1.90. The summed E-state index contributed by atoms with van der Waals surface area (Å²) in [6, 6.07) is 0. The highest BCUT2D eigenvalue weighted by Crippen LogP contribution is 2.62.